The lowest BCUT2D eigenvalue weighted by atomic mass is 10.2. The molecule has 0 atom stereocenters. The number of aromatic nitrogens is 1. The van der Waals surface area contributed by atoms with Crippen molar-refractivity contribution in [2.45, 2.75) is 0 Å². The van der Waals surface area contributed by atoms with Crippen LogP contribution < -0.4 is 4.80 Å². The lowest BCUT2D eigenvalue weighted by Crippen LogP contribution is -2.12. The maximum absolute atomic E-state index is 13.2. The zero-order valence-corrected chi connectivity index (χ0v) is 14.7. The lowest BCUT2D eigenvalue weighted by molar-refractivity contribution is 0.628. The molecule has 0 N–H and O–H groups in total. The van der Waals surface area contributed by atoms with E-state index < -0.39 is 0 Å². The lowest BCUT2D eigenvalue weighted by Gasteiger charge is -2.03. The number of nitrogens with zero attached hydrogens (tertiary/aromatic N) is 4. The molecular formula is C20H15FN4S. The van der Waals surface area contributed by atoms with Gasteiger partial charge in [0.15, 0.2) is 0 Å². The van der Waals surface area contributed by atoms with E-state index in [0.29, 0.717) is 16.9 Å². The van der Waals surface area contributed by atoms with Gasteiger partial charge < -0.3 is 0 Å². The number of hydrogen-bond donors (Lipinski definition) is 0. The minimum Gasteiger partial charge on any atom is -0.253 e. The summed E-state index contributed by atoms with van der Waals surface area (Å²) in [5.41, 5.74) is 3.13. The number of hydrogen-bond acceptors (Lipinski definition) is 4. The van der Waals surface area contributed by atoms with Crippen molar-refractivity contribution in [2.75, 3.05) is 6.54 Å². The fourth-order valence-electron chi connectivity index (χ4n) is 2.25. The highest BCUT2D eigenvalue weighted by atomic mass is 32.1. The van der Waals surface area contributed by atoms with Crippen molar-refractivity contribution < 1.29 is 4.39 Å². The summed E-state index contributed by atoms with van der Waals surface area (Å²) in [5.74, 6) is -0.284. The minimum atomic E-state index is -0.284. The van der Waals surface area contributed by atoms with Gasteiger partial charge in [-0.15, -0.1) is 17.9 Å². The third-order valence-corrected chi connectivity index (χ3v) is 4.40. The predicted octanol–water partition coefficient (Wildman–Crippen LogP) is 4.20. The van der Waals surface area contributed by atoms with Crippen molar-refractivity contribution in [2.24, 2.45) is 10.1 Å². The zero-order valence-electron chi connectivity index (χ0n) is 13.8. The molecule has 0 amide bonds. The molecule has 0 saturated carbocycles. The summed E-state index contributed by atoms with van der Waals surface area (Å²) < 4.78 is 14.9. The van der Waals surface area contributed by atoms with E-state index in [0.717, 1.165) is 16.8 Å². The Morgan fingerprint density at radius 1 is 1.15 bits per heavy atom. The standard InChI is InChI=1S/C20H15FN4S/c1-2-11-23-20-25(24-13-16-5-3-15(12-22)4-6-16)19(14-26-20)17-7-9-18(21)10-8-17/h2-10,13-14H,1,11H2/b23-20?,24-13+. The van der Waals surface area contributed by atoms with Crippen LogP contribution >= 0.6 is 11.3 Å². The molecule has 0 bridgehead atoms. The first kappa shape index (κ1) is 17.5. The molecule has 3 rings (SSSR count). The molecule has 0 aliphatic carbocycles. The summed E-state index contributed by atoms with van der Waals surface area (Å²) in [6.07, 6.45) is 3.42. The van der Waals surface area contributed by atoms with Gasteiger partial charge in [-0.3, -0.25) is 4.99 Å². The van der Waals surface area contributed by atoms with Crippen molar-refractivity contribution in [3.63, 3.8) is 0 Å². The maximum Gasteiger partial charge on any atom is 0.206 e. The Kier molecular flexibility index (Phi) is 5.52. The van der Waals surface area contributed by atoms with Crippen LogP contribution in [0.5, 0.6) is 0 Å². The van der Waals surface area contributed by atoms with Crippen molar-refractivity contribution in [3.05, 3.63) is 88.3 Å². The Morgan fingerprint density at radius 3 is 2.54 bits per heavy atom. The Hall–Kier alpha value is -3.30. The number of halogens is 1. The summed E-state index contributed by atoms with van der Waals surface area (Å²) in [7, 11) is 0. The molecule has 0 aliphatic rings. The normalized spacial score (nSPS) is 11.6. The molecule has 0 fully saturated rings. The number of thiazole rings is 1. The van der Waals surface area contributed by atoms with Crippen molar-refractivity contribution in [1.82, 2.24) is 4.68 Å². The van der Waals surface area contributed by atoms with Gasteiger partial charge in [0.1, 0.15) is 5.82 Å². The van der Waals surface area contributed by atoms with Gasteiger partial charge >= 0.3 is 0 Å². The first-order valence-corrected chi connectivity index (χ1v) is 8.71. The second-order valence-electron chi connectivity index (χ2n) is 5.33. The SMILES string of the molecule is C=CCN=c1scc(-c2ccc(F)cc2)n1/N=C/c1ccc(C#N)cc1. The van der Waals surface area contributed by atoms with Gasteiger partial charge in [-0.25, -0.2) is 9.07 Å². The summed E-state index contributed by atoms with van der Waals surface area (Å²) in [6, 6.07) is 15.5. The van der Waals surface area contributed by atoms with E-state index in [4.69, 9.17) is 5.26 Å². The average molecular weight is 362 g/mol. The van der Waals surface area contributed by atoms with Gasteiger partial charge in [0.25, 0.3) is 0 Å². The molecule has 0 unspecified atom stereocenters. The molecule has 4 nitrogen and oxygen atoms in total. The number of nitriles is 1. The summed E-state index contributed by atoms with van der Waals surface area (Å²) in [6.45, 7) is 4.17. The molecule has 26 heavy (non-hydrogen) atoms. The Labute approximate surface area is 154 Å². The number of benzene rings is 2. The highest BCUT2D eigenvalue weighted by Crippen LogP contribution is 2.20. The van der Waals surface area contributed by atoms with Crippen LogP contribution in [-0.2, 0) is 0 Å². The van der Waals surface area contributed by atoms with Crippen LogP contribution in [0.4, 0.5) is 4.39 Å². The number of rotatable bonds is 5. The fraction of sp³-hybridized carbons (Fsp3) is 0.0500. The highest BCUT2D eigenvalue weighted by Gasteiger charge is 2.07. The molecule has 128 valence electrons. The van der Waals surface area contributed by atoms with E-state index in [1.165, 1.54) is 23.5 Å². The maximum atomic E-state index is 13.2. The molecule has 0 radical (unpaired) electrons. The van der Waals surface area contributed by atoms with Crippen LogP contribution in [-0.4, -0.2) is 17.4 Å². The average Bonchev–Trinajstić information content (AvgIpc) is 3.08. The van der Waals surface area contributed by atoms with Gasteiger partial charge in [0.2, 0.25) is 4.80 Å². The van der Waals surface area contributed by atoms with E-state index in [2.05, 4.69) is 22.7 Å². The smallest absolute Gasteiger partial charge is 0.206 e. The van der Waals surface area contributed by atoms with Crippen molar-refractivity contribution in [3.8, 4) is 17.3 Å². The second-order valence-corrected chi connectivity index (χ2v) is 6.17. The molecule has 6 heteroatoms. The predicted molar refractivity (Wildman–Crippen MR) is 102 cm³/mol. The van der Waals surface area contributed by atoms with E-state index in [1.54, 1.807) is 41.2 Å². The first-order valence-electron chi connectivity index (χ1n) is 7.83. The fourth-order valence-corrected chi connectivity index (χ4v) is 3.10. The van der Waals surface area contributed by atoms with Crippen molar-refractivity contribution in [1.29, 1.82) is 5.26 Å². The van der Waals surface area contributed by atoms with Gasteiger partial charge in [0.05, 0.1) is 30.1 Å². The molecule has 0 aliphatic heterocycles. The Morgan fingerprint density at radius 2 is 1.88 bits per heavy atom. The van der Waals surface area contributed by atoms with Crippen molar-refractivity contribution >= 4 is 17.6 Å². The Balaban J connectivity index is 2.03. The third kappa shape index (κ3) is 4.02. The van der Waals surface area contributed by atoms with E-state index >= 15 is 0 Å². The van der Waals surface area contributed by atoms with Gasteiger partial charge in [-0.2, -0.15) is 10.4 Å². The van der Waals surface area contributed by atoms with Crippen LogP contribution in [0.1, 0.15) is 11.1 Å². The first-order chi connectivity index (χ1) is 12.7. The topological polar surface area (TPSA) is 53.4 Å². The third-order valence-electron chi connectivity index (χ3n) is 3.54. The van der Waals surface area contributed by atoms with Crippen LogP contribution in [0, 0.1) is 17.1 Å². The van der Waals surface area contributed by atoms with Crippen LogP contribution in [0.15, 0.2) is 76.7 Å². The molecule has 2 aromatic carbocycles. The summed E-state index contributed by atoms with van der Waals surface area (Å²) >= 11 is 1.45. The molecule has 0 saturated heterocycles. The molecule has 1 aromatic heterocycles. The van der Waals surface area contributed by atoms with E-state index in [-0.39, 0.29) is 5.82 Å². The highest BCUT2D eigenvalue weighted by molar-refractivity contribution is 7.07. The van der Waals surface area contributed by atoms with Crippen LogP contribution in [0.3, 0.4) is 0 Å². The van der Waals surface area contributed by atoms with Crippen LogP contribution in [0.2, 0.25) is 0 Å². The summed E-state index contributed by atoms with van der Waals surface area (Å²) in [4.78, 5) is 5.18. The Bertz CT molecular complexity index is 1040. The van der Waals surface area contributed by atoms with E-state index in [9.17, 15) is 4.39 Å². The van der Waals surface area contributed by atoms with E-state index in [1.807, 2.05) is 17.5 Å². The molecule has 1 heterocycles. The van der Waals surface area contributed by atoms with Gasteiger partial charge in [-0.05, 0) is 42.0 Å². The zero-order chi connectivity index (χ0) is 18.4. The second kappa shape index (κ2) is 8.19. The monoisotopic (exact) mass is 362 g/mol. The van der Waals surface area contributed by atoms with Gasteiger partial charge in [-0.1, -0.05) is 18.2 Å². The molecular weight excluding hydrogens is 347 g/mol. The molecule has 3 aromatic rings. The summed E-state index contributed by atoms with van der Waals surface area (Å²) in [5, 5.41) is 15.4. The quantitative estimate of drug-likeness (QED) is 0.496. The minimum absolute atomic E-state index is 0.284. The largest absolute Gasteiger partial charge is 0.253 e. The molecule has 0 spiro atoms. The van der Waals surface area contributed by atoms with Crippen LogP contribution in [0.25, 0.3) is 11.3 Å². The van der Waals surface area contributed by atoms with Gasteiger partial charge in [0, 0.05) is 10.9 Å².